The molecule has 1 fully saturated rings. The van der Waals surface area contributed by atoms with Gasteiger partial charge >= 0.3 is 6.09 Å². The highest BCUT2D eigenvalue weighted by atomic mass is 19.2. The Morgan fingerprint density at radius 2 is 1.86 bits per heavy atom. The number of fused-ring (bicyclic) bond motifs is 1. The molecule has 1 saturated carbocycles. The number of rotatable bonds is 12. The Bertz CT molecular complexity index is 1590. The number of nitrogens with one attached hydrogen (secondary N) is 1. The molecule has 0 saturated heterocycles. The van der Waals surface area contributed by atoms with Crippen molar-refractivity contribution in [2.45, 2.75) is 51.3 Å². The summed E-state index contributed by atoms with van der Waals surface area (Å²) in [7, 11) is 6.17. The van der Waals surface area contributed by atoms with Crippen molar-refractivity contribution in [2.75, 3.05) is 33.5 Å². The number of likely N-dealkylation sites (N-methyl/N-ethyl adjacent to an activating group) is 1. The molecule has 11 nitrogen and oxygen atoms in total. The highest BCUT2D eigenvalue weighted by molar-refractivity contribution is 5.95. The number of allylic oxidation sites excluding steroid dienone is 1. The van der Waals surface area contributed by atoms with E-state index in [1.807, 2.05) is 0 Å². The third-order valence-electron chi connectivity index (χ3n) is 7.11. The topological polar surface area (TPSA) is 119 Å². The Morgan fingerprint density at radius 1 is 1.14 bits per heavy atom. The van der Waals surface area contributed by atoms with E-state index in [4.69, 9.17) is 4.74 Å². The van der Waals surface area contributed by atoms with Gasteiger partial charge in [-0.1, -0.05) is 18.9 Å². The van der Waals surface area contributed by atoms with Gasteiger partial charge in [-0.25, -0.2) is 18.6 Å². The fourth-order valence-corrected chi connectivity index (χ4v) is 4.43. The summed E-state index contributed by atoms with van der Waals surface area (Å²) in [5.74, 6) is -1.89. The average Bonchev–Trinajstić information content (AvgIpc) is 3.73. The first-order valence-electron chi connectivity index (χ1n) is 14.0. The number of aryl methyl sites for hydroxylation is 1. The van der Waals surface area contributed by atoms with Gasteiger partial charge in [0.2, 0.25) is 5.91 Å². The summed E-state index contributed by atoms with van der Waals surface area (Å²) in [6.45, 7) is 0.537. The zero-order chi connectivity index (χ0) is 31.3. The van der Waals surface area contributed by atoms with E-state index < -0.39 is 35.3 Å². The van der Waals surface area contributed by atoms with Crippen LogP contribution in [0.3, 0.4) is 0 Å². The number of benzene rings is 1. The Labute approximate surface area is 247 Å². The fourth-order valence-electron chi connectivity index (χ4n) is 4.43. The molecule has 3 amide bonds. The molecule has 1 aliphatic rings. The highest BCUT2D eigenvalue weighted by Crippen LogP contribution is 2.33. The minimum Gasteiger partial charge on any atom is -0.436 e. The van der Waals surface area contributed by atoms with E-state index in [1.54, 1.807) is 30.8 Å². The minimum absolute atomic E-state index is 0.00509. The Kier molecular flexibility index (Phi) is 9.94. The number of pyridine rings is 1. The van der Waals surface area contributed by atoms with Crippen LogP contribution in [0, 0.1) is 17.6 Å². The van der Waals surface area contributed by atoms with Crippen molar-refractivity contribution < 1.29 is 27.9 Å². The number of ether oxygens (including phenoxy) is 1. The number of amides is 3. The molecule has 43 heavy (non-hydrogen) atoms. The number of hydrogen-bond donors (Lipinski definition) is 1. The van der Waals surface area contributed by atoms with Crippen LogP contribution in [0.15, 0.2) is 47.4 Å². The molecule has 1 atom stereocenters. The lowest BCUT2D eigenvalue weighted by molar-refractivity contribution is -0.125. The number of carbonyl (C=O) groups excluding carboxylic acids is 3. The van der Waals surface area contributed by atoms with Crippen LogP contribution in [0.4, 0.5) is 19.3 Å². The lowest BCUT2D eigenvalue weighted by atomic mass is 10.1. The molecule has 4 rings (SSSR count). The molecule has 2 heterocycles. The van der Waals surface area contributed by atoms with Crippen LogP contribution >= 0.6 is 0 Å². The van der Waals surface area contributed by atoms with Gasteiger partial charge in [0, 0.05) is 53.1 Å². The predicted octanol–water partition coefficient (Wildman–Crippen LogP) is 3.75. The molecule has 0 aliphatic heterocycles. The standard InChI is InChI=1S/C30H36F2N6O5/c1-35(2)27(39)10-6-5-9-25(43-30(42)36(3)4)28(40)34-22-8-7-14-37(29(22)41)18-26-33-23-16-20(31)21(32)17-24(23)38(26)15-13-19-11-12-19/h6-8,10,14,16-17,19,25H,5,9,11-13,15,18H2,1-4H3,(H,34,40)/b10-6+/t25-/m0/s1. The lowest BCUT2D eigenvalue weighted by Crippen LogP contribution is -2.37. The molecule has 0 radical (unpaired) electrons. The second-order valence-corrected chi connectivity index (χ2v) is 11.0. The summed E-state index contributed by atoms with van der Waals surface area (Å²) in [6.07, 6.45) is 5.93. The molecule has 230 valence electrons. The molecule has 0 unspecified atom stereocenters. The molecule has 3 aromatic rings. The minimum atomic E-state index is -1.24. The van der Waals surface area contributed by atoms with Crippen LogP contribution in [0.25, 0.3) is 11.0 Å². The maximum atomic E-state index is 14.1. The Morgan fingerprint density at radius 3 is 2.53 bits per heavy atom. The molecular formula is C30H36F2N6O5. The monoisotopic (exact) mass is 598 g/mol. The summed E-state index contributed by atoms with van der Waals surface area (Å²) in [4.78, 5) is 57.7. The van der Waals surface area contributed by atoms with E-state index in [0.717, 1.165) is 31.4 Å². The Balaban J connectivity index is 1.54. The maximum Gasteiger partial charge on any atom is 0.410 e. The Hall–Kier alpha value is -4.55. The second-order valence-electron chi connectivity index (χ2n) is 11.0. The summed E-state index contributed by atoms with van der Waals surface area (Å²) in [5, 5.41) is 2.56. The van der Waals surface area contributed by atoms with Gasteiger partial charge in [-0.15, -0.1) is 0 Å². The summed E-state index contributed by atoms with van der Waals surface area (Å²) in [6, 6.07) is 5.16. The summed E-state index contributed by atoms with van der Waals surface area (Å²) in [5.41, 5.74) is 0.144. The normalized spacial score (nSPS) is 13.7. The quantitative estimate of drug-likeness (QED) is 0.317. The number of nitrogens with zero attached hydrogens (tertiary/aromatic N) is 5. The maximum absolute atomic E-state index is 14.1. The first kappa shape index (κ1) is 31.4. The second kappa shape index (κ2) is 13.6. The molecule has 2 aromatic heterocycles. The first-order chi connectivity index (χ1) is 20.4. The van der Waals surface area contributed by atoms with Gasteiger partial charge in [0.05, 0.1) is 17.6 Å². The van der Waals surface area contributed by atoms with Crippen LogP contribution in [-0.2, 0) is 27.4 Å². The van der Waals surface area contributed by atoms with E-state index in [1.165, 1.54) is 46.8 Å². The van der Waals surface area contributed by atoms with Crippen LogP contribution in [-0.4, -0.2) is 76.1 Å². The molecule has 1 aliphatic carbocycles. The van der Waals surface area contributed by atoms with Crippen molar-refractivity contribution in [3.05, 3.63) is 70.4 Å². The largest absolute Gasteiger partial charge is 0.436 e. The lowest BCUT2D eigenvalue weighted by Gasteiger charge is -2.20. The van der Waals surface area contributed by atoms with Crippen molar-refractivity contribution >= 4 is 34.6 Å². The van der Waals surface area contributed by atoms with E-state index in [9.17, 15) is 28.0 Å². The summed E-state index contributed by atoms with van der Waals surface area (Å²) >= 11 is 0. The molecule has 1 aromatic carbocycles. The zero-order valence-electron chi connectivity index (χ0n) is 24.7. The van der Waals surface area contributed by atoms with Gasteiger partial charge < -0.3 is 29.0 Å². The van der Waals surface area contributed by atoms with Crippen LogP contribution < -0.4 is 10.9 Å². The number of carbonyl (C=O) groups is 3. The SMILES string of the molecule is CN(C)C(=O)/C=C/CC[C@H](OC(=O)N(C)C)C(=O)Nc1cccn(Cc2nc3cc(F)c(F)cc3n2CCC2CC2)c1=O. The molecule has 13 heteroatoms. The first-order valence-corrected chi connectivity index (χ1v) is 14.0. The third-order valence-corrected chi connectivity index (χ3v) is 7.11. The number of hydrogen-bond acceptors (Lipinski definition) is 6. The van der Waals surface area contributed by atoms with Gasteiger partial charge in [-0.05, 0) is 43.4 Å². The van der Waals surface area contributed by atoms with Crippen LogP contribution in [0.1, 0.15) is 37.9 Å². The van der Waals surface area contributed by atoms with Crippen LogP contribution in [0.2, 0.25) is 0 Å². The number of anilines is 1. The van der Waals surface area contributed by atoms with Gasteiger partial charge in [0.15, 0.2) is 17.7 Å². The number of aromatic nitrogens is 3. The van der Waals surface area contributed by atoms with Gasteiger partial charge in [0.25, 0.3) is 11.5 Å². The number of imidazole rings is 1. The number of halogens is 2. The van der Waals surface area contributed by atoms with Gasteiger partial charge in [-0.2, -0.15) is 0 Å². The van der Waals surface area contributed by atoms with Crippen molar-refractivity contribution in [2.24, 2.45) is 5.92 Å². The predicted molar refractivity (Wildman–Crippen MR) is 156 cm³/mol. The van der Waals surface area contributed by atoms with Crippen LogP contribution in [0.5, 0.6) is 0 Å². The molecule has 1 N–H and O–H groups in total. The van der Waals surface area contributed by atoms with Crippen molar-refractivity contribution in [1.29, 1.82) is 0 Å². The van der Waals surface area contributed by atoms with Gasteiger partial charge in [0.1, 0.15) is 11.5 Å². The van der Waals surface area contributed by atoms with Gasteiger partial charge in [-0.3, -0.25) is 14.4 Å². The molecule has 0 bridgehead atoms. The zero-order valence-corrected chi connectivity index (χ0v) is 24.7. The smallest absolute Gasteiger partial charge is 0.410 e. The van der Waals surface area contributed by atoms with E-state index in [0.29, 0.717) is 23.8 Å². The van der Waals surface area contributed by atoms with Crippen molar-refractivity contribution in [3.8, 4) is 0 Å². The molecule has 0 spiro atoms. The van der Waals surface area contributed by atoms with Crippen molar-refractivity contribution in [3.63, 3.8) is 0 Å². The van der Waals surface area contributed by atoms with E-state index in [2.05, 4.69) is 10.3 Å². The average molecular weight is 599 g/mol. The van der Waals surface area contributed by atoms with E-state index in [-0.39, 0.29) is 36.5 Å². The van der Waals surface area contributed by atoms with E-state index >= 15 is 0 Å². The third kappa shape index (κ3) is 8.05. The van der Waals surface area contributed by atoms with Crippen molar-refractivity contribution in [1.82, 2.24) is 23.9 Å². The fraction of sp³-hybridized carbons (Fsp3) is 0.433. The molecular weight excluding hydrogens is 562 g/mol. The summed E-state index contributed by atoms with van der Waals surface area (Å²) < 4.78 is 36.6. The highest BCUT2D eigenvalue weighted by Gasteiger charge is 2.25.